The van der Waals surface area contributed by atoms with E-state index in [1.54, 1.807) is 7.11 Å². The number of aromatic nitrogens is 3. The number of likely N-dealkylation sites (tertiary alicyclic amines) is 1. The minimum atomic E-state index is 0.406. The number of anilines is 2. The molecule has 1 N–H and O–H groups in total. The third-order valence-corrected chi connectivity index (χ3v) is 8.66. The molecule has 6 rings (SSSR count). The molecule has 5 heterocycles. The Morgan fingerprint density at radius 1 is 1.03 bits per heavy atom. The Labute approximate surface area is 232 Å². The van der Waals surface area contributed by atoms with Gasteiger partial charge in [0.05, 0.1) is 31.5 Å². The van der Waals surface area contributed by atoms with E-state index < -0.39 is 0 Å². The zero-order chi connectivity index (χ0) is 26.6. The molecule has 0 aromatic carbocycles. The third kappa shape index (κ3) is 5.97. The average molecular weight is 531 g/mol. The van der Waals surface area contributed by atoms with Crippen LogP contribution >= 0.6 is 0 Å². The number of rotatable bonds is 9. The SMILES string of the molecule is COc1nc2c(NC3CCN(c4ccncc4)CC3)c3c(nc2cc1COCCN1CCC(C)C1)CCCC3. The van der Waals surface area contributed by atoms with Crippen molar-refractivity contribution in [1.82, 2.24) is 19.9 Å². The molecule has 2 aliphatic heterocycles. The number of nitrogens with zero attached hydrogens (tertiary/aromatic N) is 5. The van der Waals surface area contributed by atoms with Gasteiger partial charge in [-0.15, -0.1) is 0 Å². The van der Waals surface area contributed by atoms with E-state index in [-0.39, 0.29) is 0 Å². The molecule has 1 aliphatic carbocycles. The quantitative estimate of drug-likeness (QED) is 0.394. The van der Waals surface area contributed by atoms with E-state index in [9.17, 15) is 0 Å². The Kier molecular flexibility index (Phi) is 8.11. The van der Waals surface area contributed by atoms with Crippen LogP contribution in [0.25, 0.3) is 11.0 Å². The lowest BCUT2D eigenvalue weighted by atomic mass is 9.92. The van der Waals surface area contributed by atoms with Gasteiger partial charge in [-0.2, -0.15) is 0 Å². The molecule has 3 aromatic heterocycles. The zero-order valence-corrected chi connectivity index (χ0v) is 23.5. The molecule has 3 aliphatic rings. The summed E-state index contributed by atoms with van der Waals surface area (Å²) in [5.41, 5.74) is 7.85. The van der Waals surface area contributed by atoms with Crippen LogP contribution < -0.4 is 15.0 Å². The fourth-order valence-electron chi connectivity index (χ4n) is 6.45. The highest BCUT2D eigenvalue weighted by atomic mass is 16.5. The van der Waals surface area contributed by atoms with Gasteiger partial charge in [-0.1, -0.05) is 6.92 Å². The van der Waals surface area contributed by atoms with Crippen molar-refractivity contribution in [2.24, 2.45) is 5.92 Å². The van der Waals surface area contributed by atoms with Gasteiger partial charge in [0, 0.05) is 61.6 Å². The summed E-state index contributed by atoms with van der Waals surface area (Å²) in [5, 5.41) is 3.95. The Hall–Kier alpha value is -2.97. The zero-order valence-electron chi connectivity index (χ0n) is 23.5. The van der Waals surface area contributed by atoms with Crippen LogP contribution in [0.5, 0.6) is 5.88 Å². The number of pyridine rings is 3. The van der Waals surface area contributed by atoms with Crippen LogP contribution in [0, 0.1) is 5.92 Å². The first-order valence-corrected chi connectivity index (χ1v) is 14.8. The van der Waals surface area contributed by atoms with Crippen LogP contribution in [-0.2, 0) is 24.2 Å². The summed E-state index contributed by atoms with van der Waals surface area (Å²) in [6.07, 6.45) is 11.7. The smallest absolute Gasteiger partial charge is 0.219 e. The maximum Gasteiger partial charge on any atom is 0.219 e. The second-order valence-corrected chi connectivity index (χ2v) is 11.5. The first-order valence-electron chi connectivity index (χ1n) is 14.8. The lowest BCUT2D eigenvalue weighted by molar-refractivity contribution is 0.0967. The van der Waals surface area contributed by atoms with Gasteiger partial charge >= 0.3 is 0 Å². The monoisotopic (exact) mass is 530 g/mol. The van der Waals surface area contributed by atoms with E-state index in [1.807, 2.05) is 12.4 Å². The lowest BCUT2D eigenvalue weighted by Crippen LogP contribution is -2.39. The number of aryl methyl sites for hydroxylation is 1. The molecular formula is C31H42N6O2. The van der Waals surface area contributed by atoms with Crippen molar-refractivity contribution in [3.05, 3.63) is 47.4 Å². The van der Waals surface area contributed by atoms with E-state index in [2.05, 4.69) is 45.2 Å². The molecule has 1 atom stereocenters. The molecule has 0 amide bonds. The van der Waals surface area contributed by atoms with Crippen molar-refractivity contribution in [3.63, 3.8) is 0 Å². The summed E-state index contributed by atoms with van der Waals surface area (Å²) >= 11 is 0. The molecule has 3 aromatic rings. The number of fused-ring (bicyclic) bond motifs is 2. The van der Waals surface area contributed by atoms with Gasteiger partial charge < -0.3 is 24.6 Å². The van der Waals surface area contributed by atoms with Crippen LogP contribution in [-0.4, -0.2) is 72.3 Å². The van der Waals surface area contributed by atoms with Gasteiger partial charge in [-0.25, -0.2) is 4.98 Å². The molecular weight excluding hydrogens is 488 g/mol. The summed E-state index contributed by atoms with van der Waals surface area (Å²) in [6.45, 7) is 8.93. The predicted octanol–water partition coefficient (Wildman–Crippen LogP) is 4.85. The number of ether oxygens (including phenoxy) is 2. The number of piperidine rings is 1. The van der Waals surface area contributed by atoms with Gasteiger partial charge in [0.2, 0.25) is 5.88 Å². The molecule has 2 saturated heterocycles. The van der Waals surface area contributed by atoms with Crippen LogP contribution in [0.4, 0.5) is 11.4 Å². The van der Waals surface area contributed by atoms with Crippen molar-refractivity contribution in [2.75, 3.05) is 56.7 Å². The van der Waals surface area contributed by atoms with Crippen LogP contribution in [0.1, 0.15) is 55.8 Å². The van der Waals surface area contributed by atoms with Gasteiger partial charge in [0.25, 0.3) is 0 Å². The van der Waals surface area contributed by atoms with Gasteiger partial charge in [0.15, 0.2) is 0 Å². The summed E-state index contributed by atoms with van der Waals surface area (Å²) in [5.74, 6) is 1.44. The molecule has 8 heteroatoms. The normalized spacial score (nSPS) is 20.4. The standard InChI is InChI=1S/C31H42N6O2/c1-22-9-14-36(20-22)17-18-39-21-23-19-28-30(35-31(23)38-2)29(26-5-3-4-6-27(26)34-28)33-24-10-15-37(16-11-24)25-7-12-32-13-8-25/h7-8,12-13,19,22,24H,3-6,9-11,14-18,20-21H2,1-2H3,(H,33,34). The highest BCUT2D eigenvalue weighted by molar-refractivity contribution is 5.91. The molecule has 0 radical (unpaired) electrons. The number of hydrogen-bond donors (Lipinski definition) is 1. The van der Waals surface area contributed by atoms with Crippen LogP contribution in [0.3, 0.4) is 0 Å². The first-order chi connectivity index (χ1) is 19.2. The van der Waals surface area contributed by atoms with E-state index in [1.165, 1.54) is 55.0 Å². The van der Waals surface area contributed by atoms with Gasteiger partial charge in [-0.05, 0) is 81.2 Å². The minimum absolute atomic E-state index is 0.406. The molecule has 0 spiro atoms. The number of hydrogen-bond acceptors (Lipinski definition) is 8. The summed E-state index contributed by atoms with van der Waals surface area (Å²) in [4.78, 5) is 19.3. The molecule has 0 bridgehead atoms. The third-order valence-electron chi connectivity index (χ3n) is 8.66. The van der Waals surface area contributed by atoms with Crippen molar-refractivity contribution in [1.29, 1.82) is 0 Å². The number of nitrogens with one attached hydrogen (secondary N) is 1. The van der Waals surface area contributed by atoms with Crippen molar-refractivity contribution >= 4 is 22.4 Å². The highest BCUT2D eigenvalue weighted by Crippen LogP contribution is 2.36. The Bertz CT molecular complexity index is 1260. The maximum absolute atomic E-state index is 6.11. The van der Waals surface area contributed by atoms with E-state index in [0.29, 0.717) is 18.5 Å². The van der Waals surface area contributed by atoms with Crippen LogP contribution in [0.15, 0.2) is 30.6 Å². The molecule has 2 fully saturated rings. The largest absolute Gasteiger partial charge is 0.481 e. The summed E-state index contributed by atoms with van der Waals surface area (Å²) in [7, 11) is 1.71. The Balaban J connectivity index is 1.20. The van der Waals surface area contributed by atoms with Crippen LogP contribution in [0.2, 0.25) is 0 Å². The van der Waals surface area contributed by atoms with Crippen molar-refractivity contribution in [3.8, 4) is 5.88 Å². The van der Waals surface area contributed by atoms with Gasteiger partial charge in [-0.3, -0.25) is 9.97 Å². The van der Waals surface area contributed by atoms with E-state index >= 15 is 0 Å². The second kappa shape index (κ2) is 12.0. The number of methoxy groups -OCH3 is 1. The molecule has 8 nitrogen and oxygen atoms in total. The molecule has 39 heavy (non-hydrogen) atoms. The first kappa shape index (κ1) is 26.3. The summed E-state index contributed by atoms with van der Waals surface area (Å²) < 4.78 is 11.9. The predicted molar refractivity (Wildman–Crippen MR) is 156 cm³/mol. The minimum Gasteiger partial charge on any atom is -0.481 e. The lowest BCUT2D eigenvalue weighted by Gasteiger charge is -2.35. The maximum atomic E-state index is 6.11. The fourth-order valence-corrected chi connectivity index (χ4v) is 6.45. The van der Waals surface area contributed by atoms with Crippen molar-refractivity contribution < 1.29 is 9.47 Å². The topological polar surface area (TPSA) is 75.6 Å². The molecule has 1 unspecified atom stereocenters. The van der Waals surface area contributed by atoms with E-state index in [4.69, 9.17) is 19.4 Å². The molecule has 208 valence electrons. The van der Waals surface area contributed by atoms with Crippen molar-refractivity contribution in [2.45, 2.75) is 64.5 Å². The Morgan fingerprint density at radius 3 is 2.62 bits per heavy atom. The molecule has 0 saturated carbocycles. The van der Waals surface area contributed by atoms with E-state index in [0.717, 1.165) is 74.4 Å². The highest BCUT2D eigenvalue weighted by Gasteiger charge is 2.25. The second-order valence-electron chi connectivity index (χ2n) is 11.5. The fraction of sp³-hybridized carbons (Fsp3) is 0.581. The Morgan fingerprint density at radius 2 is 1.85 bits per heavy atom. The summed E-state index contributed by atoms with van der Waals surface area (Å²) in [6, 6.07) is 6.75. The average Bonchev–Trinajstić information content (AvgIpc) is 3.40. The van der Waals surface area contributed by atoms with Gasteiger partial charge in [0.1, 0.15) is 5.52 Å².